The second-order valence-corrected chi connectivity index (χ2v) is 7.29. The Labute approximate surface area is 126 Å². The fraction of sp³-hybridized carbons (Fsp3) is 1.00. The Morgan fingerprint density at radius 1 is 1.00 bits per heavy atom. The van der Waals surface area contributed by atoms with Crippen molar-refractivity contribution in [3.63, 3.8) is 0 Å². The van der Waals surface area contributed by atoms with Crippen LogP contribution in [0.2, 0.25) is 0 Å². The Hall–Kier alpha value is -0.0800. The highest BCUT2D eigenvalue weighted by Gasteiger charge is 2.20. The van der Waals surface area contributed by atoms with Gasteiger partial charge in [0.05, 0.1) is 0 Å². The summed E-state index contributed by atoms with van der Waals surface area (Å²) in [5.41, 5.74) is 0. The maximum Gasteiger partial charge on any atom is 0.0169 e. The summed E-state index contributed by atoms with van der Waals surface area (Å²) in [4.78, 5) is 2.66. The molecule has 3 atom stereocenters. The largest absolute Gasteiger partial charge is 0.310 e. The summed E-state index contributed by atoms with van der Waals surface area (Å²) in [7, 11) is 0. The summed E-state index contributed by atoms with van der Waals surface area (Å²) in [5.74, 6) is 1.02. The molecule has 3 unspecified atom stereocenters. The molecule has 1 N–H and O–H groups in total. The van der Waals surface area contributed by atoms with Gasteiger partial charge in [-0.05, 0) is 58.0 Å². The summed E-state index contributed by atoms with van der Waals surface area (Å²) in [6.07, 6.45) is 14.3. The van der Waals surface area contributed by atoms with Crippen molar-refractivity contribution in [2.24, 2.45) is 5.92 Å². The zero-order chi connectivity index (χ0) is 14.2. The molecule has 20 heavy (non-hydrogen) atoms. The quantitative estimate of drug-likeness (QED) is 0.734. The molecule has 2 nitrogen and oxygen atoms in total. The molecule has 0 bridgehead atoms. The fourth-order valence-electron chi connectivity index (χ4n) is 4.23. The lowest BCUT2D eigenvalue weighted by atomic mass is 9.95. The van der Waals surface area contributed by atoms with Gasteiger partial charge >= 0.3 is 0 Å². The molecule has 1 saturated heterocycles. The Kier molecular flexibility index (Phi) is 7.37. The number of rotatable bonds is 6. The van der Waals surface area contributed by atoms with Crippen molar-refractivity contribution >= 4 is 0 Å². The third-order valence-corrected chi connectivity index (χ3v) is 5.29. The average molecular weight is 280 g/mol. The number of nitrogens with one attached hydrogen (secondary N) is 1. The van der Waals surface area contributed by atoms with E-state index in [-0.39, 0.29) is 0 Å². The van der Waals surface area contributed by atoms with Gasteiger partial charge in [-0.15, -0.1) is 0 Å². The van der Waals surface area contributed by atoms with E-state index in [2.05, 4.69) is 24.1 Å². The molecule has 1 saturated carbocycles. The van der Waals surface area contributed by atoms with Crippen LogP contribution in [0.25, 0.3) is 0 Å². The average Bonchev–Trinajstić information content (AvgIpc) is 2.66. The first kappa shape index (κ1) is 16.3. The summed E-state index contributed by atoms with van der Waals surface area (Å²) in [6.45, 7) is 8.64. The smallest absolute Gasteiger partial charge is 0.0169 e. The van der Waals surface area contributed by atoms with E-state index in [9.17, 15) is 0 Å². The molecule has 2 aliphatic rings. The number of piperidine rings is 1. The molecule has 2 fully saturated rings. The summed E-state index contributed by atoms with van der Waals surface area (Å²) in [6, 6.07) is 1.46. The van der Waals surface area contributed by atoms with Crippen LogP contribution < -0.4 is 5.32 Å². The molecule has 2 rings (SSSR count). The van der Waals surface area contributed by atoms with Crippen LogP contribution >= 0.6 is 0 Å². The highest BCUT2D eigenvalue weighted by molar-refractivity contribution is 4.79. The Balaban J connectivity index is 1.66. The molecule has 0 aromatic heterocycles. The van der Waals surface area contributed by atoms with E-state index in [1.165, 1.54) is 83.8 Å². The van der Waals surface area contributed by atoms with Crippen molar-refractivity contribution in [2.45, 2.75) is 90.1 Å². The van der Waals surface area contributed by atoms with E-state index >= 15 is 0 Å². The Morgan fingerprint density at radius 3 is 2.55 bits per heavy atom. The van der Waals surface area contributed by atoms with Gasteiger partial charge in [0.1, 0.15) is 0 Å². The minimum atomic E-state index is 0.667. The van der Waals surface area contributed by atoms with Crippen molar-refractivity contribution in [1.29, 1.82) is 0 Å². The standard InChI is InChI=1S/C18H36N2/c1-3-8-17-9-7-10-18(12-11-17)19-16(2)15-20-13-5-4-6-14-20/h16-19H,3-15H2,1-2H3. The van der Waals surface area contributed by atoms with E-state index < -0.39 is 0 Å². The zero-order valence-corrected chi connectivity index (χ0v) is 13.9. The van der Waals surface area contributed by atoms with Crippen molar-refractivity contribution < 1.29 is 0 Å². The Bertz CT molecular complexity index is 248. The summed E-state index contributed by atoms with van der Waals surface area (Å²) < 4.78 is 0. The molecule has 0 amide bonds. The van der Waals surface area contributed by atoms with Gasteiger partial charge in [-0.25, -0.2) is 0 Å². The first-order valence-electron chi connectivity index (χ1n) is 9.26. The van der Waals surface area contributed by atoms with Gasteiger partial charge in [-0.1, -0.05) is 39.0 Å². The van der Waals surface area contributed by atoms with Crippen LogP contribution in [0.4, 0.5) is 0 Å². The van der Waals surface area contributed by atoms with Gasteiger partial charge in [-0.3, -0.25) is 0 Å². The first-order chi connectivity index (χ1) is 9.78. The lowest BCUT2D eigenvalue weighted by molar-refractivity contribution is 0.202. The summed E-state index contributed by atoms with van der Waals surface area (Å²) >= 11 is 0. The molecule has 2 heteroatoms. The second kappa shape index (κ2) is 9.04. The molecule has 1 heterocycles. The number of hydrogen-bond donors (Lipinski definition) is 1. The summed E-state index contributed by atoms with van der Waals surface area (Å²) in [5, 5.41) is 3.93. The third kappa shape index (κ3) is 5.73. The normalized spacial score (nSPS) is 30.9. The highest BCUT2D eigenvalue weighted by Crippen LogP contribution is 2.26. The van der Waals surface area contributed by atoms with E-state index in [0.29, 0.717) is 6.04 Å². The van der Waals surface area contributed by atoms with Gasteiger partial charge in [0, 0.05) is 18.6 Å². The van der Waals surface area contributed by atoms with E-state index in [0.717, 1.165) is 12.0 Å². The van der Waals surface area contributed by atoms with Gasteiger partial charge in [0.2, 0.25) is 0 Å². The lowest BCUT2D eigenvalue weighted by Crippen LogP contribution is -2.45. The van der Waals surface area contributed by atoms with Crippen LogP contribution in [0.5, 0.6) is 0 Å². The first-order valence-corrected chi connectivity index (χ1v) is 9.26. The van der Waals surface area contributed by atoms with Crippen molar-refractivity contribution in [3.05, 3.63) is 0 Å². The minimum Gasteiger partial charge on any atom is -0.310 e. The SMILES string of the molecule is CCCC1CCCC(NC(C)CN2CCCCC2)CC1. The van der Waals surface area contributed by atoms with Gasteiger partial charge in [0.15, 0.2) is 0 Å². The topological polar surface area (TPSA) is 15.3 Å². The number of nitrogens with zero attached hydrogens (tertiary/aromatic N) is 1. The molecule has 1 aliphatic heterocycles. The van der Waals surface area contributed by atoms with E-state index in [1.807, 2.05) is 0 Å². The van der Waals surface area contributed by atoms with Crippen molar-refractivity contribution in [2.75, 3.05) is 19.6 Å². The predicted molar refractivity (Wildman–Crippen MR) is 88.2 cm³/mol. The lowest BCUT2D eigenvalue weighted by Gasteiger charge is -2.31. The molecular weight excluding hydrogens is 244 g/mol. The van der Waals surface area contributed by atoms with Crippen LogP contribution in [0, 0.1) is 5.92 Å². The van der Waals surface area contributed by atoms with Gasteiger partial charge in [0.25, 0.3) is 0 Å². The molecule has 0 radical (unpaired) electrons. The second-order valence-electron chi connectivity index (χ2n) is 7.29. The molecule has 0 aromatic rings. The molecule has 118 valence electrons. The molecule has 1 aliphatic carbocycles. The van der Waals surface area contributed by atoms with E-state index in [4.69, 9.17) is 0 Å². The monoisotopic (exact) mass is 280 g/mol. The van der Waals surface area contributed by atoms with Crippen LogP contribution in [0.1, 0.15) is 78.1 Å². The van der Waals surface area contributed by atoms with Gasteiger partial charge < -0.3 is 10.2 Å². The van der Waals surface area contributed by atoms with E-state index in [1.54, 1.807) is 0 Å². The maximum absolute atomic E-state index is 3.93. The third-order valence-electron chi connectivity index (χ3n) is 5.29. The predicted octanol–water partition coefficient (Wildman–Crippen LogP) is 4.20. The highest BCUT2D eigenvalue weighted by atomic mass is 15.2. The maximum atomic E-state index is 3.93. The Morgan fingerprint density at radius 2 is 1.80 bits per heavy atom. The fourth-order valence-corrected chi connectivity index (χ4v) is 4.23. The van der Waals surface area contributed by atoms with Crippen molar-refractivity contribution in [3.8, 4) is 0 Å². The number of hydrogen-bond acceptors (Lipinski definition) is 2. The van der Waals surface area contributed by atoms with Crippen LogP contribution in [-0.2, 0) is 0 Å². The van der Waals surface area contributed by atoms with Crippen LogP contribution in [0.15, 0.2) is 0 Å². The van der Waals surface area contributed by atoms with Crippen LogP contribution in [0.3, 0.4) is 0 Å². The van der Waals surface area contributed by atoms with Crippen LogP contribution in [-0.4, -0.2) is 36.6 Å². The number of likely N-dealkylation sites (tertiary alicyclic amines) is 1. The zero-order valence-electron chi connectivity index (χ0n) is 13.9. The van der Waals surface area contributed by atoms with Gasteiger partial charge in [-0.2, -0.15) is 0 Å². The minimum absolute atomic E-state index is 0.667. The molecule has 0 spiro atoms. The molecule has 0 aromatic carbocycles. The molecular formula is C18H36N2. The van der Waals surface area contributed by atoms with Crippen molar-refractivity contribution in [1.82, 2.24) is 10.2 Å².